The number of nitrogens with zero attached hydrogens (tertiary/aromatic N) is 4. The van der Waals surface area contributed by atoms with Gasteiger partial charge in [0.1, 0.15) is 0 Å². The van der Waals surface area contributed by atoms with Crippen molar-refractivity contribution < 1.29 is 9.53 Å². The molecule has 0 spiro atoms. The third kappa shape index (κ3) is 6.13. The molecule has 1 aromatic carbocycles. The van der Waals surface area contributed by atoms with Crippen LogP contribution in [0.15, 0.2) is 35.3 Å². The Morgan fingerprint density at radius 3 is 2.33 bits per heavy atom. The number of aliphatic imine (C=N–C) groups is 1. The third-order valence-electron chi connectivity index (χ3n) is 4.66. The second-order valence-corrected chi connectivity index (χ2v) is 6.76. The van der Waals surface area contributed by atoms with Crippen LogP contribution in [0.1, 0.15) is 25.5 Å². The van der Waals surface area contributed by atoms with Crippen molar-refractivity contribution in [2.75, 3.05) is 60.0 Å². The predicted octanol–water partition coefficient (Wildman–Crippen LogP) is 2.03. The summed E-state index contributed by atoms with van der Waals surface area (Å²) < 4.78 is 5.10. The smallest absolute Gasteiger partial charge is 0.409 e. The number of likely N-dealkylation sites (N-methyl/N-ethyl adjacent to an activating group) is 1. The van der Waals surface area contributed by atoms with E-state index >= 15 is 0 Å². The van der Waals surface area contributed by atoms with Gasteiger partial charge in [0.15, 0.2) is 5.96 Å². The summed E-state index contributed by atoms with van der Waals surface area (Å²) >= 11 is 0. The highest BCUT2D eigenvalue weighted by atomic mass is 16.6. The summed E-state index contributed by atoms with van der Waals surface area (Å²) in [6.07, 6.45) is -0.226. The van der Waals surface area contributed by atoms with Crippen LogP contribution in [-0.4, -0.2) is 86.7 Å². The number of ether oxygens (including phenoxy) is 1. The summed E-state index contributed by atoms with van der Waals surface area (Å²) in [7, 11) is 4.16. The first-order chi connectivity index (χ1) is 13.1. The number of amides is 1. The normalized spacial score (nSPS) is 16.4. The molecule has 0 saturated carbocycles. The van der Waals surface area contributed by atoms with E-state index < -0.39 is 0 Å². The van der Waals surface area contributed by atoms with Crippen molar-refractivity contribution in [1.82, 2.24) is 20.0 Å². The molecule has 0 bridgehead atoms. The van der Waals surface area contributed by atoms with Gasteiger partial charge in [-0.3, -0.25) is 4.99 Å². The maximum atomic E-state index is 11.9. The lowest BCUT2D eigenvalue weighted by molar-refractivity contribution is 0.0914. The van der Waals surface area contributed by atoms with Gasteiger partial charge in [-0.1, -0.05) is 30.3 Å². The van der Waals surface area contributed by atoms with Crippen LogP contribution in [0.3, 0.4) is 0 Å². The Morgan fingerprint density at radius 2 is 1.78 bits per heavy atom. The maximum absolute atomic E-state index is 11.9. The number of piperazine rings is 1. The minimum atomic E-state index is -0.226. The van der Waals surface area contributed by atoms with E-state index in [1.165, 1.54) is 5.56 Å². The highest BCUT2D eigenvalue weighted by Crippen LogP contribution is 2.18. The maximum Gasteiger partial charge on any atom is 0.409 e. The van der Waals surface area contributed by atoms with Gasteiger partial charge in [0.05, 0.1) is 19.2 Å². The zero-order valence-corrected chi connectivity index (χ0v) is 17.0. The van der Waals surface area contributed by atoms with Crippen LogP contribution in [0.5, 0.6) is 0 Å². The molecule has 1 aliphatic rings. The largest absolute Gasteiger partial charge is 0.450 e. The average molecular weight is 376 g/mol. The van der Waals surface area contributed by atoms with Gasteiger partial charge in [-0.15, -0.1) is 0 Å². The monoisotopic (exact) mass is 375 g/mol. The fourth-order valence-electron chi connectivity index (χ4n) is 3.16. The summed E-state index contributed by atoms with van der Waals surface area (Å²) in [6, 6.07) is 10.7. The fraction of sp³-hybridized carbons (Fsp3) is 0.600. The highest BCUT2D eigenvalue weighted by molar-refractivity contribution is 5.80. The molecule has 1 saturated heterocycles. The van der Waals surface area contributed by atoms with E-state index in [9.17, 15) is 4.79 Å². The van der Waals surface area contributed by atoms with Crippen molar-refractivity contribution in [1.29, 1.82) is 0 Å². The van der Waals surface area contributed by atoms with Crippen LogP contribution in [-0.2, 0) is 4.74 Å². The Morgan fingerprint density at radius 1 is 1.15 bits per heavy atom. The van der Waals surface area contributed by atoms with Gasteiger partial charge in [-0.2, -0.15) is 0 Å². The van der Waals surface area contributed by atoms with Crippen LogP contribution in [0, 0.1) is 0 Å². The van der Waals surface area contributed by atoms with Gasteiger partial charge < -0.3 is 24.8 Å². The van der Waals surface area contributed by atoms with Gasteiger partial charge in [0.2, 0.25) is 0 Å². The van der Waals surface area contributed by atoms with E-state index in [-0.39, 0.29) is 12.1 Å². The second kappa shape index (κ2) is 10.8. The lowest BCUT2D eigenvalue weighted by atomic mass is 10.1. The Bertz CT molecular complexity index is 598. The molecule has 0 radical (unpaired) electrons. The van der Waals surface area contributed by atoms with Crippen LogP contribution in [0.25, 0.3) is 0 Å². The molecule has 0 aromatic heterocycles. The molecule has 2 rings (SSSR count). The van der Waals surface area contributed by atoms with Crippen molar-refractivity contribution in [3.63, 3.8) is 0 Å². The van der Waals surface area contributed by atoms with Crippen molar-refractivity contribution in [2.24, 2.45) is 4.99 Å². The first-order valence-electron chi connectivity index (χ1n) is 9.73. The second-order valence-electron chi connectivity index (χ2n) is 6.76. The number of hydrogen-bond acceptors (Lipinski definition) is 4. The van der Waals surface area contributed by atoms with Gasteiger partial charge in [-0.05, 0) is 33.5 Å². The molecule has 27 heavy (non-hydrogen) atoms. The Labute approximate surface area is 163 Å². The molecule has 0 aliphatic carbocycles. The minimum Gasteiger partial charge on any atom is -0.450 e. The first kappa shape index (κ1) is 21.0. The number of rotatable bonds is 6. The third-order valence-corrected chi connectivity index (χ3v) is 4.66. The summed E-state index contributed by atoms with van der Waals surface area (Å²) in [5, 5.41) is 3.39. The quantitative estimate of drug-likeness (QED) is 0.609. The standard InChI is InChI=1S/C20H33N5O2/c1-5-21-19(24-12-14-25(15-13-24)20(26)27-6-2)22-16-18(23(3)4)17-10-8-7-9-11-17/h7-11,18H,5-6,12-16H2,1-4H3,(H,21,22). The van der Waals surface area contributed by atoms with Crippen LogP contribution < -0.4 is 5.32 Å². The van der Waals surface area contributed by atoms with Crippen molar-refractivity contribution in [3.8, 4) is 0 Å². The lowest BCUT2D eigenvalue weighted by Gasteiger charge is -2.36. The number of nitrogens with one attached hydrogen (secondary N) is 1. The van der Waals surface area contributed by atoms with E-state index in [1.807, 2.05) is 13.0 Å². The van der Waals surface area contributed by atoms with E-state index in [4.69, 9.17) is 9.73 Å². The predicted molar refractivity (Wildman–Crippen MR) is 109 cm³/mol. The SMILES string of the molecule is CCNC(=NCC(c1ccccc1)N(C)C)N1CCN(C(=O)OCC)CC1. The van der Waals surface area contributed by atoms with E-state index in [0.29, 0.717) is 26.2 Å². The molecule has 1 atom stereocenters. The molecule has 1 amide bonds. The van der Waals surface area contributed by atoms with E-state index in [1.54, 1.807) is 4.90 Å². The molecule has 1 N–H and O–H groups in total. The average Bonchev–Trinajstić information content (AvgIpc) is 2.68. The highest BCUT2D eigenvalue weighted by Gasteiger charge is 2.24. The molecule has 150 valence electrons. The molecule has 7 nitrogen and oxygen atoms in total. The lowest BCUT2D eigenvalue weighted by Crippen LogP contribution is -2.54. The Kier molecular flexibility index (Phi) is 8.39. The Hall–Kier alpha value is -2.28. The number of carbonyl (C=O) groups excluding carboxylic acids is 1. The van der Waals surface area contributed by atoms with Crippen molar-refractivity contribution >= 4 is 12.1 Å². The number of hydrogen-bond donors (Lipinski definition) is 1. The summed E-state index contributed by atoms with van der Waals surface area (Å²) in [6.45, 7) is 8.62. The number of carbonyl (C=O) groups is 1. The van der Waals surface area contributed by atoms with Gasteiger partial charge >= 0.3 is 6.09 Å². The van der Waals surface area contributed by atoms with E-state index in [2.05, 4.69) is 60.4 Å². The van der Waals surface area contributed by atoms with Gasteiger partial charge in [0, 0.05) is 32.7 Å². The fourth-order valence-corrected chi connectivity index (χ4v) is 3.16. The zero-order valence-electron chi connectivity index (χ0n) is 17.0. The molecular formula is C20H33N5O2. The topological polar surface area (TPSA) is 60.4 Å². The summed E-state index contributed by atoms with van der Waals surface area (Å²) in [5.41, 5.74) is 1.26. The van der Waals surface area contributed by atoms with Crippen molar-refractivity contribution in [3.05, 3.63) is 35.9 Å². The van der Waals surface area contributed by atoms with E-state index in [0.717, 1.165) is 25.6 Å². The van der Waals surface area contributed by atoms with Crippen LogP contribution >= 0.6 is 0 Å². The minimum absolute atomic E-state index is 0.223. The molecule has 7 heteroatoms. The molecule has 1 fully saturated rings. The van der Waals surface area contributed by atoms with Crippen molar-refractivity contribution in [2.45, 2.75) is 19.9 Å². The molecule has 1 unspecified atom stereocenters. The van der Waals surface area contributed by atoms with Crippen LogP contribution in [0.4, 0.5) is 4.79 Å². The summed E-state index contributed by atoms with van der Waals surface area (Å²) in [5.74, 6) is 0.906. The molecule has 1 heterocycles. The number of benzene rings is 1. The first-order valence-corrected chi connectivity index (χ1v) is 9.73. The Balaban J connectivity index is 2.02. The zero-order chi connectivity index (χ0) is 19.6. The number of guanidine groups is 1. The molecule has 1 aliphatic heterocycles. The molecular weight excluding hydrogens is 342 g/mol. The van der Waals surface area contributed by atoms with Gasteiger partial charge in [-0.25, -0.2) is 4.79 Å². The molecule has 1 aromatic rings. The van der Waals surface area contributed by atoms with Gasteiger partial charge in [0.25, 0.3) is 0 Å². The van der Waals surface area contributed by atoms with Crippen LogP contribution in [0.2, 0.25) is 0 Å². The summed E-state index contributed by atoms with van der Waals surface area (Å²) in [4.78, 5) is 23.0.